The molecule has 1 saturated heterocycles. The smallest absolute Gasteiger partial charge is 0.219 e. The van der Waals surface area contributed by atoms with Crippen LogP contribution >= 0.6 is 0 Å². The van der Waals surface area contributed by atoms with Crippen LogP contribution in [0.15, 0.2) is 0 Å². The molecule has 0 aromatic heterocycles. The van der Waals surface area contributed by atoms with Gasteiger partial charge in [0.15, 0.2) is 0 Å². The molecule has 0 aromatic carbocycles. The van der Waals surface area contributed by atoms with Crippen LogP contribution in [-0.2, 0) is 19.2 Å². The van der Waals surface area contributed by atoms with E-state index in [1.165, 1.54) is 0 Å². The first kappa shape index (κ1) is 23.8. The molecule has 0 saturated carbocycles. The highest BCUT2D eigenvalue weighted by atomic mass is 16.2. The summed E-state index contributed by atoms with van der Waals surface area (Å²) in [6, 6.07) is -1.20. The van der Waals surface area contributed by atoms with E-state index < -0.39 is 23.6 Å². The van der Waals surface area contributed by atoms with Gasteiger partial charge in [-0.05, 0) is 0 Å². The second-order valence-corrected chi connectivity index (χ2v) is 7.10. The molecule has 1 aliphatic rings. The molecule has 0 bridgehead atoms. The normalized spacial score (nSPS) is 27.1. The van der Waals surface area contributed by atoms with Crippen LogP contribution in [0.4, 0.5) is 0 Å². The lowest BCUT2D eigenvalue weighted by Crippen LogP contribution is -2.56. The molecule has 1 fully saturated rings. The van der Waals surface area contributed by atoms with Gasteiger partial charge in [0.2, 0.25) is 23.6 Å². The maximum atomic E-state index is 11.3. The van der Waals surface area contributed by atoms with Gasteiger partial charge < -0.3 is 44.2 Å². The largest absolute Gasteiger partial charge is 0.370 e. The number of primary amides is 4. The highest BCUT2D eigenvalue weighted by Gasteiger charge is 2.22. The van der Waals surface area contributed by atoms with Gasteiger partial charge >= 0.3 is 0 Å². The predicted octanol–water partition coefficient (Wildman–Crippen LogP) is -4.67. The Morgan fingerprint density at radius 2 is 0.679 bits per heavy atom. The van der Waals surface area contributed by atoms with E-state index in [0.29, 0.717) is 26.2 Å². The maximum Gasteiger partial charge on any atom is 0.219 e. The quantitative estimate of drug-likeness (QED) is 0.197. The molecular formula is C16H32N8O4. The molecule has 1 rings (SSSR count). The molecule has 4 amide bonds. The lowest BCUT2D eigenvalue weighted by molar-refractivity contribution is -0.120. The van der Waals surface area contributed by atoms with Crippen LogP contribution in [-0.4, -0.2) is 74.0 Å². The van der Waals surface area contributed by atoms with Gasteiger partial charge in [0.1, 0.15) is 0 Å². The SMILES string of the molecule is NC(=O)C[C@@H]1CN[C@H](CC(N)=O)CN[C@H](CC(N)=O)CN[C@H](CC(N)=O)CN1. The zero-order chi connectivity index (χ0) is 21.1. The summed E-state index contributed by atoms with van der Waals surface area (Å²) in [5.41, 5.74) is 21.2. The van der Waals surface area contributed by atoms with Gasteiger partial charge in [0.25, 0.3) is 0 Å². The average molecular weight is 400 g/mol. The third-order valence-corrected chi connectivity index (χ3v) is 4.40. The van der Waals surface area contributed by atoms with E-state index in [9.17, 15) is 19.2 Å². The van der Waals surface area contributed by atoms with Gasteiger partial charge in [0.05, 0.1) is 0 Å². The topological polar surface area (TPSA) is 220 Å². The number of nitrogens with two attached hydrogens (primary N) is 4. The molecular weight excluding hydrogens is 368 g/mol. The van der Waals surface area contributed by atoms with Gasteiger partial charge in [-0.3, -0.25) is 19.2 Å². The summed E-state index contributed by atoms with van der Waals surface area (Å²) < 4.78 is 0. The van der Waals surface area contributed by atoms with Gasteiger partial charge in [-0.15, -0.1) is 0 Å². The van der Waals surface area contributed by atoms with Gasteiger partial charge in [-0.1, -0.05) is 0 Å². The van der Waals surface area contributed by atoms with E-state index >= 15 is 0 Å². The van der Waals surface area contributed by atoms with Gasteiger partial charge in [-0.25, -0.2) is 0 Å². The Morgan fingerprint density at radius 1 is 0.500 bits per heavy atom. The Hall–Kier alpha value is -2.28. The van der Waals surface area contributed by atoms with E-state index in [1.807, 2.05) is 0 Å². The van der Waals surface area contributed by atoms with E-state index in [2.05, 4.69) is 21.3 Å². The number of hydrogen-bond acceptors (Lipinski definition) is 8. The standard InChI is InChI=1S/C16H32N8O4/c17-13(25)1-9-5-22-11(3-15(19)27)7-24-12(4-16(20)28)8-23-10(6-21-9)2-14(18)26/h9-12,21-24H,1-8H2,(H2,17,25)(H2,18,26)(H2,19,27)(H2,20,28)/t9-,10-,11-,12-/m1/s1. The van der Waals surface area contributed by atoms with Crippen molar-refractivity contribution in [3.05, 3.63) is 0 Å². The molecule has 4 atom stereocenters. The molecule has 28 heavy (non-hydrogen) atoms. The van der Waals surface area contributed by atoms with Crippen molar-refractivity contribution in [2.75, 3.05) is 26.2 Å². The zero-order valence-electron chi connectivity index (χ0n) is 15.9. The summed E-state index contributed by atoms with van der Waals surface area (Å²) in [4.78, 5) is 45.4. The molecule has 12 N–H and O–H groups in total. The molecule has 160 valence electrons. The molecule has 0 spiro atoms. The predicted molar refractivity (Wildman–Crippen MR) is 102 cm³/mol. The van der Waals surface area contributed by atoms with Crippen LogP contribution in [0.1, 0.15) is 25.7 Å². The van der Waals surface area contributed by atoms with Crippen LogP contribution in [0, 0.1) is 0 Å². The number of nitrogens with one attached hydrogen (secondary N) is 4. The maximum absolute atomic E-state index is 11.3. The minimum atomic E-state index is -0.475. The Kier molecular flexibility index (Phi) is 10.4. The molecule has 1 heterocycles. The molecule has 12 nitrogen and oxygen atoms in total. The highest BCUT2D eigenvalue weighted by Crippen LogP contribution is 2.01. The van der Waals surface area contributed by atoms with Gasteiger partial charge in [0, 0.05) is 76.0 Å². The van der Waals surface area contributed by atoms with E-state index in [1.54, 1.807) is 0 Å². The second-order valence-electron chi connectivity index (χ2n) is 7.10. The summed E-state index contributed by atoms with van der Waals surface area (Å²) >= 11 is 0. The van der Waals surface area contributed by atoms with Crippen molar-refractivity contribution in [3.63, 3.8) is 0 Å². The van der Waals surface area contributed by atoms with E-state index in [0.717, 1.165) is 0 Å². The van der Waals surface area contributed by atoms with E-state index in [-0.39, 0.29) is 49.9 Å². The summed E-state index contributed by atoms with van der Waals surface area (Å²) in [7, 11) is 0. The summed E-state index contributed by atoms with van der Waals surface area (Å²) in [5, 5.41) is 12.8. The Bertz CT molecular complexity index is 447. The molecule has 0 radical (unpaired) electrons. The number of carbonyl (C=O) groups is 4. The molecule has 1 aliphatic heterocycles. The van der Waals surface area contributed by atoms with Crippen molar-refractivity contribution in [1.29, 1.82) is 0 Å². The monoisotopic (exact) mass is 400 g/mol. The fourth-order valence-electron chi connectivity index (χ4n) is 3.07. The van der Waals surface area contributed by atoms with Crippen LogP contribution in [0.3, 0.4) is 0 Å². The van der Waals surface area contributed by atoms with Crippen LogP contribution in [0.2, 0.25) is 0 Å². The van der Waals surface area contributed by atoms with Crippen molar-refractivity contribution >= 4 is 23.6 Å². The first-order valence-electron chi connectivity index (χ1n) is 9.22. The highest BCUT2D eigenvalue weighted by molar-refractivity contribution is 5.75. The summed E-state index contributed by atoms with van der Waals surface area (Å²) in [5.74, 6) is -1.90. The van der Waals surface area contributed by atoms with Crippen molar-refractivity contribution in [2.24, 2.45) is 22.9 Å². The lowest BCUT2D eigenvalue weighted by atomic mass is 10.1. The van der Waals surface area contributed by atoms with Gasteiger partial charge in [-0.2, -0.15) is 0 Å². The first-order valence-corrected chi connectivity index (χ1v) is 9.22. The Labute approximate surface area is 163 Å². The summed E-state index contributed by atoms with van der Waals surface area (Å²) in [6.07, 6.45) is 0.323. The van der Waals surface area contributed by atoms with Crippen molar-refractivity contribution in [2.45, 2.75) is 49.9 Å². The fourth-order valence-corrected chi connectivity index (χ4v) is 3.07. The molecule has 0 aliphatic carbocycles. The third kappa shape index (κ3) is 10.8. The minimum absolute atomic E-state index is 0.0807. The number of rotatable bonds is 8. The number of amides is 4. The van der Waals surface area contributed by atoms with Crippen LogP contribution in [0.25, 0.3) is 0 Å². The second kappa shape index (κ2) is 12.2. The number of hydrogen-bond donors (Lipinski definition) is 8. The first-order chi connectivity index (χ1) is 13.2. The third-order valence-electron chi connectivity index (χ3n) is 4.40. The fraction of sp³-hybridized carbons (Fsp3) is 0.750. The van der Waals surface area contributed by atoms with Crippen LogP contribution < -0.4 is 44.2 Å². The lowest BCUT2D eigenvalue weighted by Gasteiger charge is -2.29. The average Bonchev–Trinajstić information content (AvgIpc) is 2.55. The molecule has 0 aromatic rings. The zero-order valence-corrected chi connectivity index (χ0v) is 15.9. The Morgan fingerprint density at radius 3 is 0.821 bits per heavy atom. The number of carbonyl (C=O) groups excluding carboxylic acids is 4. The van der Waals surface area contributed by atoms with Crippen molar-refractivity contribution in [3.8, 4) is 0 Å². The van der Waals surface area contributed by atoms with Crippen molar-refractivity contribution in [1.82, 2.24) is 21.3 Å². The molecule has 12 heteroatoms. The van der Waals surface area contributed by atoms with Crippen LogP contribution in [0.5, 0.6) is 0 Å². The minimum Gasteiger partial charge on any atom is -0.370 e. The van der Waals surface area contributed by atoms with E-state index in [4.69, 9.17) is 22.9 Å². The Balaban J connectivity index is 2.90. The summed E-state index contributed by atoms with van der Waals surface area (Å²) in [6.45, 7) is 1.41. The van der Waals surface area contributed by atoms with Crippen molar-refractivity contribution < 1.29 is 19.2 Å². The molecule has 0 unspecified atom stereocenters.